The monoisotopic (exact) mass is 258 g/mol. The van der Waals surface area contributed by atoms with Crippen LogP contribution < -0.4 is 0 Å². The van der Waals surface area contributed by atoms with E-state index >= 15 is 0 Å². The van der Waals surface area contributed by atoms with Crippen LogP contribution in [0.25, 0.3) is 11.1 Å². The molecule has 20 heavy (non-hydrogen) atoms. The highest BCUT2D eigenvalue weighted by atomic mass is 14.1. The van der Waals surface area contributed by atoms with Crippen LogP contribution in [0.5, 0.6) is 0 Å². The van der Waals surface area contributed by atoms with Crippen molar-refractivity contribution in [3.63, 3.8) is 0 Å². The molecule has 3 aromatic carbocycles. The Morgan fingerprint density at radius 1 is 0.600 bits per heavy atom. The molecule has 98 valence electrons. The highest BCUT2D eigenvalue weighted by Crippen LogP contribution is 2.23. The Labute approximate surface area is 120 Å². The summed E-state index contributed by atoms with van der Waals surface area (Å²) in [6, 6.07) is 28.0. The first-order valence-electron chi connectivity index (χ1n) is 7.01. The second-order valence-electron chi connectivity index (χ2n) is 5.24. The summed E-state index contributed by atoms with van der Waals surface area (Å²) in [6.45, 7) is 2.17. The molecule has 0 aliphatic heterocycles. The van der Waals surface area contributed by atoms with Gasteiger partial charge in [-0.05, 0) is 35.6 Å². The van der Waals surface area contributed by atoms with Crippen molar-refractivity contribution in [2.45, 2.75) is 13.3 Å². The third kappa shape index (κ3) is 2.97. The van der Waals surface area contributed by atoms with Crippen LogP contribution in [0.4, 0.5) is 0 Å². The molecule has 0 unspecified atom stereocenters. The molecule has 0 nitrogen and oxygen atoms in total. The van der Waals surface area contributed by atoms with Crippen molar-refractivity contribution >= 4 is 0 Å². The molecule has 3 rings (SSSR count). The Bertz CT molecular complexity index is 682. The molecule has 0 saturated heterocycles. The fourth-order valence-corrected chi connectivity index (χ4v) is 2.59. The molecule has 0 aliphatic rings. The van der Waals surface area contributed by atoms with Crippen LogP contribution in [0.15, 0.2) is 78.9 Å². The van der Waals surface area contributed by atoms with Gasteiger partial charge in [-0.2, -0.15) is 0 Å². The van der Waals surface area contributed by atoms with E-state index in [-0.39, 0.29) is 0 Å². The maximum Gasteiger partial charge on any atom is -0.00255 e. The van der Waals surface area contributed by atoms with Gasteiger partial charge in [-0.3, -0.25) is 0 Å². The van der Waals surface area contributed by atoms with Gasteiger partial charge in [0.05, 0.1) is 0 Å². The Balaban J connectivity index is 1.95. The van der Waals surface area contributed by atoms with Crippen LogP contribution in [0.1, 0.15) is 16.7 Å². The van der Waals surface area contributed by atoms with Crippen molar-refractivity contribution in [3.05, 3.63) is 95.6 Å². The van der Waals surface area contributed by atoms with Gasteiger partial charge in [0.15, 0.2) is 0 Å². The maximum absolute atomic E-state index is 2.30. The molecule has 0 bridgehead atoms. The first-order valence-corrected chi connectivity index (χ1v) is 7.01. The van der Waals surface area contributed by atoms with E-state index in [9.17, 15) is 0 Å². The predicted octanol–water partition coefficient (Wildman–Crippen LogP) is 5.25. The van der Waals surface area contributed by atoms with Gasteiger partial charge in [-0.1, -0.05) is 84.4 Å². The average molecular weight is 258 g/mol. The minimum atomic E-state index is 0.988. The Morgan fingerprint density at radius 2 is 1.25 bits per heavy atom. The third-order valence-corrected chi connectivity index (χ3v) is 3.50. The lowest BCUT2D eigenvalue weighted by atomic mass is 9.97. The molecule has 0 fully saturated rings. The molecule has 0 aliphatic carbocycles. The second-order valence-corrected chi connectivity index (χ2v) is 5.24. The van der Waals surface area contributed by atoms with Gasteiger partial charge in [-0.25, -0.2) is 0 Å². The predicted molar refractivity (Wildman–Crippen MR) is 85.9 cm³/mol. The highest BCUT2D eigenvalue weighted by Gasteiger charge is 2.02. The van der Waals surface area contributed by atoms with E-state index in [0.29, 0.717) is 0 Å². The zero-order chi connectivity index (χ0) is 13.8. The molecule has 0 atom stereocenters. The van der Waals surface area contributed by atoms with Gasteiger partial charge in [0, 0.05) is 0 Å². The van der Waals surface area contributed by atoms with Gasteiger partial charge in [0.25, 0.3) is 0 Å². The number of hydrogen-bond donors (Lipinski definition) is 0. The number of hydrogen-bond acceptors (Lipinski definition) is 0. The van der Waals surface area contributed by atoms with Gasteiger partial charge in [0.2, 0.25) is 0 Å². The summed E-state index contributed by atoms with van der Waals surface area (Å²) >= 11 is 0. The molecule has 0 aromatic heterocycles. The van der Waals surface area contributed by atoms with Crippen LogP contribution in [-0.4, -0.2) is 0 Å². The molecule has 3 aromatic rings. The van der Waals surface area contributed by atoms with Crippen molar-refractivity contribution in [1.82, 2.24) is 0 Å². The molecule has 0 heterocycles. The van der Waals surface area contributed by atoms with Crippen LogP contribution in [-0.2, 0) is 6.42 Å². The fourth-order valence-electron chi connectivity index (χ4n) is 2.59. The van der Waals surface area contributed by atoms with Crippen LogP contribution in [0.3, 0.4) is 0 Å². The second kappa shape index (κ2) is 5.75. The summed E-state index contributed by atoms with van der Waals surface area (Å²) in [5.74, 6) is 0. The quantitative estimate of drug-likeness (QED) is 0.601. The van der Waals surface area contributed by atoms with Crippen LogP contribution in [0, 0.1) is 6.92 Å². The largest absolute Gasteiger partial charge is 0.0622 e. The zero-order valence-electron chi connectivity index (χ0n) is 11.7. The average Bonchev–Trinajstić information content (AvgIpc) is 2.49. The van der Waals surface area contributed by atoms with Gasteiger partial charge < -0.3 is 0 Å². The molecular formula is C20H18. The van der Waals surface area contributed by atoms with E-state index in [1.807, 2.05) is 0 Å². The number of aryl methyl sites for hydroxylation is 1. The summed E-state index contributed by atoms with van der Waals surface area (Å²) in [7, 11) is 0. The SMILES string of the molecule is Cc1cc(Cc2ccccc2)cc(-c2ccccc2)c1. The Hall–Kier alpha value is -2.34. The van der Waals surface area contributed by atoms with Crippen molar-refractivity contribution in [2.24, 2.45) is 0 Å². The maximum atomic E-state index is 2.30. The molecule has 0 spiro atoms. The molecular weight excluding hydrogens is 240 g/mol. The first-order chi connectivity index (χ1) is 9.81. The van der Waals surface area contributed by atoms with E-state index in [1.165, 1.54) is 27.8 Å². The van der Waals surface area contributed by atoms with Crippen LogP contribution >= 0.6 is 0 Å². The minimum Gasteiger partial charge on any atom is -0.0622 e. The Morgan fingerprint density at radius 3 is 1.95 bits per heavy atom. The lowest BCUT2D eigenvalue weighted by molar-refractivity contribution is 1.18. The molecule has 0 radical (unpaired) electrons. The van der Waals surface area contributed by atoms with E-state index in [4.69, 9.17) is 0 Å². The van der Waals surface area contributed by atoms with Crippen molar-refractivity contribution < 1.29 is 0 Å². The van der Waals surface area contributed by atoms with Crippen molar-refractivity contribution in [2.75, 3.05) is 0 Å². The normalized spacial score (nSPS) is 10.4. The lowest BCUT2D eigenvalue weighted by Gasteiger charge is -2.08. The standard InChI is InChI=1S/C20H18/c1-16-12-18(14-17-8-4-2-5-9-17)15-20(13-16)19-10-6-3-7-11-19/h2-13,15H,14H2,1H3. The third-order valence-electron chi connectivity index (χ3n) is 3.50. The molecule has 0 N–H and O–H groups in total. The lowest BCUT2D eigenvalue weighted by Crippen LogP contribution is -1.90. The summed E-state index contributed by atoms with van der Waals surface area (Å²) in [6.07, 6.45) is 0.988. The number of benzene rings is 3. The van der Waals surface area contributed by atoms with Gasteiger partial charge in [0.1, 0.15) is 0 Å². The molecule has 0 saturated carbocycles. The molecule has 0 heteroatoms. The van der Waals surface area contributed by atoms with E-state index in [0.717, 1.165) is 6.42 Å². The van der Waals surface area contributed by atoms with Gasteiger partial charge in [-0.15, -0.1) is 0 Å². The highest BCUT2D eigenvalue weighted by molar-refractivity contribution is 5.65. The van der Waals surface area contributed by atoms with Crippen molar-refractivity contribution in [1.29, 1.82) is 0 Å². The summed E-state index contributed by atoms with van der Waals surface area (Å²) in [5.41, 5.74) is 6.63. The summed E-state index contributed by atoms with van der Waals surface area (Å²) < 4.78 is 0. The minimum absolute atomic E-state index is 0.988. The van der Waals surface area contributed by atoms with E-state index < -0.39 is 0 Å². The zero-order valence-corrected chi connectivity index (χ0v) is 11.7. The van der Waals surface area contributed by atoms with Crippen LogP contribution in [0.2, 0.25) is 0 Å². The smallest absolute Gasteiger partial charge is 0.00255 e. The van der Waals surface area contributed by atoms with Gasteiger partial charge >= 0.3 is 0 Å². The summed E-state index contributed by atoms with van der Waals surface area (Å²) in [4.78, 5) is 0. The van der Waals surface area contributed by atoms with E-state index in [2.05, 4.69) is 85.8 Å². The topological polar surface area (TPSA) is 0 Å². The number of rotatable bonds is 3. The fraction of sp³-hybridized carbons (Fsp3) is 0.100. The first kappa shape index (κ1) is 12.7. The summed E-state index contributed by atoms with van der Waals surface area (Å²) in [5, 5.41) is 0. The van der Waals surface area contributed by atoms with Crippen molar-refractivity contribution in [3.8, 4) is 11.1 Å². The molecule has 0 amide bonds. The van der Waals surface area contributed by atoms with E-state index in [1.54, 1.807) is 0 Å². The Kier molecular flexibility index (Phi) is 3.64.